The van der Waals surface area contributed by atoms with E-state index in [1.54, 1.807) is 18.2 Å². The van der Waals surface area contributed by atoms with Crippen molar-refractivity contribution in [1.29, 1.82) is 0 Å². The molecule has 3 heteroatoms. The molecule has 58 valence electrons. The van der Waals surface area contributed by atoms with Gasteiger partial charge in [0.05, 0.1) is 0 Å². The van der Waals surface area contributed by atoms with Crippen LogP contribution in [0.2, 0.25) is 0 Å². The summed E-state index contributed by atoms with van der Waals surface area (Å²) in [7, 11) is 0. The first-order valence-electron chi connectivity index (χ1n) is 3.20. The molecule has 0 amide bonds. The lowest BCUT2D eigenvalue weighted by Gasteiger charge is -2.01. The van der Waals surface area contributed by atoms with E-state index in [-0.39, 0.29) is 5.05 Å². The molecule has 1 rings (SSSR count). The van der Waals surface area contributed by atoms with Gasteiger partial charge in [0.25, 0.3) is 0 Å². The van der Waals surface area contributed by atoms with Crippen LogP contribution in [0, 0.1) is 6.92 Å². The zero-order valence-corrected chi connectivity index (χ0v) is 6.98. The Morgan fingerprint density at radius 3 is 2.64 bits per heavy atom. The predicted molar refractivity (Wildman–Crippen MR) is 49.9 cm³/mol. The lowest BCUT2D eigenvalue weighted by molar-refractivity contribution is 0.571. The molecule has 0 saturated carbocycles. The van der Waals surface area contributed by atoms with Crippen molar-refractivity contribution in [2.45, 2.75) is 6.92 Å². The van der Waals surface area contributed by atoms with Crippen molar-refractivity contribution >= 4 is 23.0 Å². The molecule has 0 unspecified atom stereocenters. The lowest BCUT2D eigenvalue weighted by Crippen LogP contribution is -1.97. The average Bonchev–Trinajstić information content (AvgIpc) is 1.94. The Labute approximate surface area is 70.7 Å². The summed E-state index contributed by atoms with van der Waals surface area (Å²) in [5.74, 6) is 0. The second kappa shape index (κ2) is 2.88. The van der Waals surface area contributed by atoms with Gasteiger partial charge in [-0.15, -0.1) is 0 Å². The molecular weight excluding hydrogens is 158 g/mol. The predicted octanol–water partition coefficient (Wildman–Crippen LogP) is 1.81. The molecule has 0 fully saturated rings. The van der Waals surface area contributed by atoms with Crippen LogP contribution < -0.4 is 5.73 Å². The van der Waals surface area contributed by atoms with Gasteiger partial charge in [0.15, 0.2) is 5.05 Å². The summed E-state index contributed by atoms with van der Waals surface area (Å²) < 4.78 is 0. The van der Waals surface area contributed by atoms with Gasteiger partial charge in [-0.1, -0.05) is 0 Å². The van der Waals surface area contributed by atoms with Gasteiger partial charge in [-0.2, -0.15) is 0 Å². The number of thiocarbonyl (C=S) groups is 1. The van der Waals surface area contributed by atoms with Crippen LogP contribution in [0.4, 0.5) is 5.69 Å². The smallest absolute Gasteiger partial charge is 0.188 e. The number of hydrogen-bond acceptors (Lipinski definition) is 2. The van der Waals surface area contributed by atoms with E-state index in [1.165, 1.54) is 0 Å². The van der Waals surface area contributed by atoms with E-state index >= 15 is 0 Å². The fourth-order valence-electron chi connectivity index (χ4n) is 0.809. The average molecular weight is 167 g/mol. The second-order valence-corrected chi connectivity index (χ2v) is 2.76. The highest BCUT2D eigenvalue weighted by Gasteiger charge is 1.99. The van der Waals surface area contributed by atoms with Crippen molar-refractivity contribution in [2.75, 3.05) is 5.73 Å². The molecule has 0 heterocycles. The van der Waals surface area contributed by atoms with Crippen LogP contribution in [-0.4, -0.2) is 10.2 Å². The van der Waals surface area contributed by atoms with Gasteiger partial charge in [0.1, 0.15) is 0 Å². The molecule has 0 radical (unpaired) electrons. The van der Waals surface area contributed by atoms with Gasteiger partial charge < -0.3 is 10.8 Å². The summed E-state index contributed by atoms with van der Waals surface area (Å²) in [4.78, 5) is 0. The largest absolute Gasteiger partial charge is 0.499 e. The number of nitrogen functional groups attached to an aromatic ring is 1. The van der Waals surface area contributed by atoms with E-state index in [0.717, 1.165) is 5.56 Å². The molecule has 1 aromatic rings. The molecule has 3 N–H and O–H groups in total. The van der Waals surface area contributed by atoms with Crippen molar-refractivity contribution in [1.82, 2.24) is 0 Å². The summed E-state index contributed by atoms with van der Waals surface area (Å²) in [6, 6.07) is 5.19. The Balaban J connectivity index is 3.15. The molecule has 11 heavy (non-hydrogen) atoms. The first kappa shape index (κ1) is 8.01. The Bertz CT molecular complexity index is 296. The number of rotatable bonds is 1. The molecular formula is C8H9NOS. The quantitative estimate of drug-likeness (QED) is 0.495. The fourth-order valence-corrected chi connectivity index (χ4v) is 0.936. The minimum atomic E-state index is -0.0897. The van der Waals surface area contributed by atoms with Crippen LogP contribution >= 0.6 is 12.2 Å². The van der Waals surface area contributed by atoms with Crippen LogP contribution in [0.25, 0.3) is 0 Å². The highest BCUT2D eigenvalue weighted by atomic mass is 32.1. The second-order valence-electron chi connectivity index (χ2n) is 2.38. The van der Waals surface area contributed by atoms with Gasteiger partial charge in [0, 0.05) is 11.3 Å². The molecule has 0 bridgehead atoms. The molecule has 1 aromatic carbocycles. The molecule has 2 nitrogen and oxygen atoms in total. The van der Waals surface area contributed by atoms with Gasteiger partial charge in [-0.05, 0) is 42.9 Å². The maximum Gasteiger partial charge on any atom is 0.188 e. The van der Waals surface area contributed by atoms with Gasteiger partial charge in [0.2, 0.25) is 0 Å². The number of hydrogen-bond donors (Lipinski definition) is 2. The van der Waals surface area contributed by atoms with Crippen molar-refractivity contribution in [3.63, 3.8) is 0 Å². The standard InChI is InChI=1S/C8H9NOS/c1-5-4-6(8(10)11)2-3-7(5)9/h2-4H,9H2,1H3,(H,10,11). The highest BCUT2D eigenvalue weighted by Crippen LogP contribution is 2.12. The van der Waals surface area contributed by atoms with E-state index in [0.29, 0.717) is 11.3 Å². The number of aryl methyl sites for hydroxylation is 1. The monoisotopic (exact) mass is 167 g/mol. The third-order valence-corrected chi connectivity index (χ3v) is 1.75. The number of nitrogens with two attached hydrogens (primary N) is 1. The Morgan fingerprint density at radius 2 is 2.18 bits per heavy atom. The topological polar surface area (TPSA) is 46.2 Å². The van der Waals surface area contributed by atoms with E-state index in [4.69, 9.17) is 10.8 Å². The van der Waals surface area contributed by atoms with Crippen LogP contribution in [0.15, 0.2) is 18.2 Å². The van der Waals surface area contributed by atoms with E-state index < -0.39 is 0 Å². The van der Waals surface area contributed by atoms with Gasteiger partial charge in [-0.3, -0.25) is 0 Å². The maximum absolute atomic E-state index is 8.93. The zero-order valence-electron chi connectivity index (χ0n) is 6.16. The van der Waals surface area contributed by atoms with Crippen LogP contribution in [0.3, 0.4) is 0 Å². The minimum Gasteiger partial charge on any atom is -0.499 e. The van der Waals surface area contributed by atoms with Crippen LogP contribution in [-0.2, 0) is 0 Å². The summed E-state index contributed by atoms with van der Waals surface area (Å²) in [6.45, 7) is 1.87. The third kappa shape index (κ3) is 1.68. The zero-order chi connectivity index (χ0) is 8.43. The van der Waals surface area contributed by atoms with Crippen molar-refractivity contribution in [3.05, 3.63) is 29.3 Å². The number of benzene rings is 1. The number of aliphatic hydroxyl groups excluding tert-OH is 1. The van der Waals surface area contributed by atoms with Crippen LogP contribution in [0.1, 0.15) is 11.1 Å². The van der Waals surface area contributed by atoms with Crippen molar-refractivity contribution in [3.8, 4) is 0 Å². The molecule has 0 aliphatic heterocycles. The lowest BCUT2D eigenvalue weighted by atomic mass is 10.1. The Morgan fingerprint density at radius 1 is 1.55 bits per heavy atom. The third-order valence-electron chi connectivity index (χ3n) is 1.52. The highest BCUT2D eigenvalue weighted by molar-refractivity contribution is 7.80. The number of anilines is 1. The minimum absolute atomic E-state index is 0.0897. The van der Waals surface area contributed by atoms with Crippen LogP contribution in [0.5, 0.6) is 0 Å². The van der Waals surface area contributed by atoms with Gasteiger partial charge in [-0.25, -0.2) is 0 Å². The summed E-state index contributed by atoms with van der Waals surface area (Å²) >= 11 is 4.58. The summed E-state index contributed by atoms with van der Waals surface area (Å²) in [6.07, 6.45) is 0. The normalized spacial score (nSPS) is 9.55. The van der Waals surface area contributed by atoms with Crippen molar-refractivity contribution in [2.24, 2.45) is 0 Å². The first-order chi connectivity index (χ1) is 5.11. The first-order valence-corrected chi connectivity index (χ1v) is 3.61. The maximum atomic E-state index is 8.93. The molecule has 0 saturated heterocycles. The Kier molecular flexibility index (Phi) is 2.10. The summed E-state index contributed by atoms with van der Waals surface area (Å²) in [5.41, 5.74) is 7.85. The molecule has 0 aliphatic rings. The van der Waals surface area contributed by atoms with E-state index in [9.17, 15) is 0 Å². The summed E-state index contributed by atoms with van der Waals surface area (Å²) in [5, 5.41) is 8.84. The molecule has 0 spiro atoms. The number of aliphatic hydroxyl groups is 1. The molecule has 0 atom stereocenters. The molecule has 0 aliphatic carbocycles. The van der Waals surface area contributed by atoms with Crippen molar-refractivity contribution < 1.29 is 5.11 Å². The Hall–Kier alpha value is -1.09. The van der Waals surface area contributed by atoms with E-state index in [2.05, 4.69) is 12.2 Å². The SMILES string of the molecule is Cc1cc(C(O)=S)ccc1N. The van der Waals surface area contributed by atoms with E-state index in [1.807, 2.05) is 6.92 Å². The molecule has 0 aromatic heterocycles. The van der Waals surface area contributed by atoms with Gasteiger partial charge >= 0.3 is 0 Å². The fraction of sp³-hybridized carbons (Fsp3) is 0.125.